The van der Waals surface area contributed by atoms with Crippen molar-refractivity contribution in [1.82, 2.24) is 5.32 Å². The second kappa shape index (κ2) is 7.70. The number of carbonyl (C=O) groups excluding carboxylic acids is 1. The molecular weight excluding hydrogens is 336 g/mol. The monoisotopic (exact) mass is 360 g/mol. The maximum atomic E-state index is 12.1. The lowest BCUT2D eigenvalue weighted by atomic mass is 9.85. The Kier molecular flexibility index (Phi) is 5.85. The molecule has 0 heterocycles. The highest BCUT2D eigenvalue weighted by Crippen LogP contribution is 2.21. The van der Waals surface area contributed by atoms with Gasteiger partial charge in [-0.3, -0.25) is 0 Å². The standard InChI is InChI=1S/C19H24N2O3S/c1-19(2,16-9-5-4-6-10-16)14-20-18(22)21-17-11-7-8-15(12-17)13-25(3,23)24/h4-12H,13-14H2,1-3H3,(H2,20,21,22). The molecule has 5 nitrogen and oxygen atoms in total. The molecule has 0 atom stereocenters. The lowest BCUT2D eigenvalue weighted by Crippen LogP contribution is -2.38. The number of nitrogens with one attached hydrogen (secondary N) is 2. The molecule has 0 aliphatic rings. The minimum absolute atomic E-state index is 0.0504. The van der Waals surface area contributed by atoms with E-state index in [1.54, 1.807) is 24.3 Å². The van der Waals surface area contributed by atoms with Crippen LogP contribution in [0.25, 0.3) is 0 Å². The highest BCUT2D eigenvalue weighted by Gasteiger charge is 2.21. The fourth-order valence-electron chi connectivity index (χ4n) is 2.51. The minimum Gasteiger partial charge on any atom is -0.337 e. The average molecular weight is 360 g/mol. The molecule has 0 fully saturated rings. The predicted molar refractivity (Wildman–Crippen MR) is 101 cm³/mol. The Bertz CT molecular complexity index is 831. The lowest BCUT2D eigenvalue weighted by Gasteiger charge is -2.25. The van der Waals surface area contributed by atoms with Crippen LogP contribution in [-0.2, 0) is 21.0 Å². The molecule has 2 N–H and O–H groups in total. The molecule has 0 unspecified atom stereocenters. The number of benzene rings is 2. The number of anilines is 1. The fraction of sp³-hybridized carbons (Fsp3) is 0.316. The summed E-state index contributed by atoms with van der Waals surface area (Å²) >= 11 is 0. The molecule has 0 aliphatic heterocycles. The average Bonchev–Trinajstić information content (AvgIpc) is 2.53. The molecule has 2 amide bonds. The normalized spacial score (nSPS) is 11.8. The molecule has 0 radical (unpaired) electrons. The zero-order valence-electron chi connectivity index (χ0n) is 14.7. The lowest BCUT2D eigenvalue weighted by molar-refractivity contribution is 0.249. The Morgan fingerprint density at radius 1 is 1.04 bits per heavy atom. The van der Waals surface area contributed by atoms with E-state index < -0.39 is 9.84 Å². The van der Waals surface area contributed by atoms with Gasteiger partial charge in [-0.25, -0.2) is 13.2 Å². The van der Waals surface area contributed by atoms with Crippen molar-refractivity contribution >= 4 is 21.6 Å². The first kappa shape index (κ1) is 19.0. The van der Waals surface area contributed by atoms with Crippen LogP contribution in [0.4, 0.5) is 10.5 Å². The van der Waals surface area contributed by atoms with Gasteiger partial charge in [0.1, 0.15) is 0 Å². The van der Waals surface area contributed by atoms with Gasteiger partial charge in [0.05, 0.1) is 5.75 Å². The molecule has 0 saturated carbocycles. The topological polar surface area (TPSA) is 75.3 Å². The van der Waals surface area contributed by atoms with Gasteiger partial charge in [-0.2, -0.15) is 0 Å². The van der Waals surface area contributed by atoms with Crippen molar-refractivity contribution in [3.63, 3.8) is 0 Å². The predicted octanol–water partition coefficient (Wildman–Crippen LogP) is 3.33. The van der Waals surface area contributed by atoms with Gasteiger partial charge >= 0.3 is 6.03 Å². The molecule has 0 spiro atoms. The number of rotatable bonds is 6. The number of hydrogen-bond acceptors (Lipinski definition) is 3. The number of urea groups is 1. The number of amides is 2. The van der Waals surface area contributed by atoms with Crippen molar-refractivity contribution in [2.24, 2.45) is 0 Å². The molecule has 2 rings (SSSR count). The maximum absolute atomic E-state index is 12.1. The second-order valence-corrected chi connectivity index (χ2v) is 8.97. The molecular formula is C19H24N2O3S. The van der Waals surface area contributed by atoms with Crippen molar-refractivity contribution in [2.75, 3.05) is 18.1 Å². The summed E-state index contributed by atoms with van der Waals surface area (Å²) in [5, 5.41) is 5.62. The third-order valence-electron chi connectivity index (χ3n) is 3.86. The van der Waals surface area contributed by atoms with Crippen LogP contribution < -0.4 is 10.6 Å². The summed E-state index contributed by atoms with van der Waals surface area (Å²) in [6, 6.07) is 16.5. The quantitative estimate of drug-likeness (QED) is 0.830. The molecule has 25 heavy (non-hydrogen) atoms. The van der Waals surface area contributed by atoms with Crippen molar-refractivity contribution < 1.29 is 13.2 Å². The van der Waals surface area contributed by atoms with E-state index in [4.69, 9.17) is 0 Å². The molecule has 2 aromatic rings. The highest BCUT2D eigenvalue weighted by molar-refractivity contribution is 7.89. The maximum Gasteiger partial charge on any atom is 0.319 e. The van der Waals surface area contributed by atoms with Gasteiger partial charge in [0.15, 0.2) is 9.84 Å². The summed E-state index contributed by atoms with van der Waals surface area (Å²) in [6.07, 6.45) is 1.19. The zero-order valence-corrected chi connectivity index (χ0v) is 15.6. The molecule has 0 aliphatic carbocycles. The van der Waals surface area contributed by atoms with E-state index in [0.29, 0.717) is 17.8 Å². The van der Waals surface area contributed by atoms with Crippen LogP contribution in [0, 0.1) is 0 Å². The van der Waals surface area contributed by atoms with E-state index in [1.165, 1.54) is 6.26 Å². The molecule has 134 valence electrons. The Morgan fingerprint density at radius 2 is 1.72 bits per heavy atom. The van der Waals surface area contributed by atoms with Crippen molar-refractivity contribution in [1.29, 1.82) is 0 Å². The van der Waals surface area contributed by atoms with E-state index in [9.17, 15) is 13.2 Å². The van der Waals surface area contributed by atoms with Gasteiger partial charge in [-0.05, 0) is 23.3 Å². The van der Waals surface area contributed by atoms with E-state index in [0.717, 1.165) is 5.56 Å². The Balaban J connectivity index is 1.95. The third kappa shape index (κ3) is 6.23. The van der Waals surface area contributed by atoms with Gasteiger partial charge in [-0.15, -0.1) is 0 Å². The second-order valence-electron chi connectivity index (χ2n) is 6.83. The van der Waals surface area contributed by atoms with Gasteiger partial charge < -0.3 is 10.6 Å². The Hall–Kier alpha value is -2.34. The Morgan fingerprint density at radius 3 is 2.36 bits per heavy atom. The van der Waals surface area contributed by atoms with E-state index in [2.05, 4.69) is 24.5 Å². The zero-order chi connectivity index (χ0) is 18.5. The molecule has 6 heteroatoms. The Labute approximate surface area is 149 Å². The van der Waals surface area contributed by atoms with Crippen LogP contribution in [0.3, 0.4) is 0 Å². The molecule has 0 saturated heterocycles. The van der Waals surface area contributed by atoms with Crippen molar-refractivity contribution in [2.45, 2.75) is 25.0 Å². The summed E-state index contributed by atoms with van der Waals surface area (Å²) in [7, 11) is -3.11. The van der Waals surface area contributed by atoms with Crippen LogP contribution in [0.5, 0.6) is 0 Å². The van der Waals surface area contributed by atoms with Crippen molar-refractivity contribution in [3.8, 4) is 0 Å². The van der Waals surface area contributed by atoms with E-state index >= 15 is 0 Å². The van der Waals surface area contributed by atoms with E-state index in [1.807, 2.05) is 30.3 Å². The number of carbonyl (C=O) groups is 1. The van der Waals surface area contributed by atoms with Crippen LogP contribution in [0.1, 0.15) is 25.0 Å². The van der Waals surface area contributed by atoms with E-state index in [-0.39, 0.29) is 17.2 Å². The largest absolute Gasteiger partial charge is 0.337 e. The van der Waals surface area contributed by atoms with Crippen LogP contribution in [0.15, 0.2) is 54.6 Å². The van der Waals surface area contributed by atoms with Crippen LogP contribution in [-0.4, -0.2) is 27.2 Å². The fourth-order valence-corrected chi connectivity index (χ4v) is 3.29. The number of sulfone groups is 1. The molecule has 0 aromatic heterocycles. The minimum atomic E-state index is -3.11. The third-order valence-corrected chi connectivity index (χ3v) is 4.72. The van der Waals surface area contributed by atoms with Gasteiger partial charge in [-0.1, -0.05) is 56.3 Å². The smallest absolute Gasteiger partial charge is 0.319 e. The summed E-state index contributed by atoms with van der Waals surface area (Å²) in [4.78, 5) is 12.1. The SMILES string of the molecule is CC(C)(CNC(=O)Nc1cccc(CS(C)(=O)=O)c1)c1ccccc1. The van der Waals surface area contributed by atoms with Gasteiger partial charge in [0.2, 0.25) is 0 Å². The van der Waals surface area contributed by atoms with Gasteiger partial charge in [0.25, 0.3) is 0 Å². The van der Waals surface area contributed by atoms with Gasteiger partial charge in [0, 0.05) is 23.9 Å². The molecule has 0 bridgehead atoms. The first-order valence-electron chi connectivity index (χ1n) is 8.03. The summed E-state index contributed by atoms with van der Waals surface area (Å²) < 4.78 is 22.8. The summed E-state index contributed by atoms with van der Waals surface area (Å²) in [5.74, 6) is -0.0504. The summed E-state index contributed by atoms with van der Waals surface area (Å²) in [5.41, 5.74) is 2.16. The first-order valence-corrected chi connectivity index (χ1v) is 10.1. The first-order chi connectivity index (χ1) is 11.7. The highest BCUT2D eigenvalue weighted by atomic mass is 32.2. The summed E-state index contributed by atoms with van der Waals surface area (Å²) in [6.45, 7) is 4.61. The van der Waals surface area contributed by atoms with Crippen molar-refractivity contribution in [3.05, 3.63) is 65.7 Å². The van der Waals surface area contributed by atoms with Crippen LogP contribution in [0.2, 0.25) is 0 Å². The van der Waals surface area contributed by atoms with Crippen LogP contribution >= 0.6 is 0 Å². The molecule has 2 aromatic carbocycles. The number of hydrogen-bond donors (Lipinski definition) is 2.